The van der Waals surface area contributed by atoms with Crippen LogP contribution >= 0.6 is 0 Å². The number of anilines is 1. The van der Waals surface area contributed by atoms with Crippen molar-refractivity contribution >= 4 is 5.69 Å². The molecule has 0 aliphatic rings. The molecular weight excluding hydrogens is 131 g/mol. The van der Waals surface area contributed by atoms with Crippen molar-refractivity contribution in [3.63, 3.8) is 0 Å². The van der Waals surface area contributed by atoms with Crippen LogP contribution < -0.4 is 5.73 Å². The normalized spacial score (nSPS) is 9.90. The third-order valence-corrected chi connectivity index (χ3v) is 1.58. The minimum absolute atomic E-state index is 0.201. The Morgan fingerprint density at radius 1 is 1.50 bits per heavy atom. The van der Waals surface area contributed by atoms with Crippen molar-refractivity contribution in [1.82, 2.24) is 4.98 Å². The third kappa shape index (κ3) is 0.943. The molecule has 0 amide bonds. The highest BCUT2D eigenvalue weighted by Gasteiger charge is 2.03. The van der Waals surface area contributed by atoms with Crippen molar-refractivity contribution in [3.8, 4) is 0 Å². The lowest BCUT2D eigenvalue weighted by molar-refractivity contribution is 0.623. The smallest absolute Gasteiger partial charge is 0.164 e. The number of nitrogens with zero attached hydrogens (tertiary/aromatic N) is 1. The maximum Gasteiger partial charge on any atom is 0.164 e. The maximum atomic E-state index is 12.6. The fourth-order valence-electron chi connectivity index (χ4n) is 0.694. The molecule has 1 aromatic heterocycles. The van der Waals surface area contributed by atoms with Gasteiger partial charge in [-0.2, -0.15) is 0 Å². The standard InChI is InChI=1S/C7H9FN2/c1-4-5(2)10-3-6(8)7(4)9/h3H,1-2H3,(H2,9,10). The Balaban J connectivity index is 3.34. The van der Waals surface area contributed by atoms with Crippen LogP contribution in [0.3, 0.4) is 0 Å². The zero-order valence-corrected chi connectivity index (χ0v) is 5.98. The summed E-state index contributed by atoms with van der Waals surface area (Å²) >= 11 is 0. The minimum Gasteiger partial charge on any atom is -0.396 e. The van der Waals surface area contributed by atoms with Crippen LogP contribution in [0, 0.1) is 19.7 Å². The molecule has 2 N–H and O–H groups in total. The second-order valence-corrected chi connectivity index (χ2v) is 2.23. The first-order chi connectivity index (χ1) is 4.63. The van der Waals surface area contributed by atoms with E-state index < -0.39 is 5.82 Å². The number of rotatable bonds is 0. The molecule has 0 aliphatic heterocycles. The molecule has 0 saturated heterocycles. The number of pyridine rings is 1. The molecule has 0 aromatic carbocycles. The predicted octanol–water partition coefficient (Wildman–Crippen LogP) is 1.42. The highest BCUT2D eigenvalue weighted by Crippen LogP contribution is 2.15. The Hall–Kier alpha value is -1.12. The van der Waals surface area contributed by atoms with Crippen LogP contribution in [0.1, 0.15) is 11.3 Å². The molecule has 0 atom stereocenters. The van der Waals surface area contributed by atoms with Crippen molar-refractivity contribution in [3.05, 3.63) is 23.3 Å². The van der Waals surface area contributed by atoms with Crippen molar-refractivity contribution in [1.29, 1.82) is 0 Å². The Morgan fingerprint density at radius 2 is 2.10 bits per heavy atom. The molecule has 0 fully saturated rings. The largest absolute Gasteiger partial charge is 0.396 e. The molecule has 0 radical (unpaired) electrons. The lowest BCUT2D eigenvalue weighted by Crippen LogP contribution is -1.98. The van der Waals surface area contributed by atoms with Gasteiger partial charge in [-0.1, -0.05) is 0 Å². The van der Waals surface area contributed by atoms with E-state index in [0.29, 0.717) is 0 Å². The van der Waals surface area contributed by atoms with Crippen LogP contribution in [0.25, 0.3) is 0 Å². The molecule has 1 rings (SSSR count). The topological polar surface area (TPSA) is 38.9 Å². The van der Waals surface area contributed by atoms with Gasteiger partial charge in [0.2, 0.25) is 0 Å². The number of nitrogen functional groups attached to an aromatic ring is 1. The van der Waals surface area contributed by atoms with Gasteiger partial charge in [0.05, 0.1) is 11.9 Å². The zero-order valence-electron chi connectivity index (χ0n) is 5.98. The van der Waals surface area contributed by atoms with Gasteiger partial charge < -0.3 is 5.73 Å². The SMILES string of the molecule is Cc1ncc(F)c(N)c1C. The number of nitrogens with two attached hydrogens (primary N) is 1. The van der Waals surface area contributed by atoms with Crippen molar-refractivity contribution in [2.24, 2.45) is 0 Å². The summed E-state index contributed by atoms with van der Waals surface area (Å²) in [6.45, 7) is 3.55. The number of halogens is 1. The molecule has 2 nitrogen and oxygen atoms in total. The van der Waals surface area contributed by atoms with Gasteiger partial charge in [-0.3, -0.25) is 4.98 Å². The summed E-state index contributed by atoms with van der Waals surface area (Å²) < 4.78 is 12.6. The van der Waals surface area contributed by atoms with Crippen LogP contribution in [0.15, 0.2) is 6.20 Å². The molecule has 1 aromatic rings. The Bertz CT molecular complexity index is 231. The maximum absolute atomic E-state index is 12.6. The molecule has 3 heteroatoms. The van der Waals surface area contributed by atoms with Crippen molar-refractivity contribution < 1.29 is 4.39 Å². The van der Waals surface area contributed by atoms with Gasteiger partial charge in [-0.25, -0.2) is 4.39 Å². The average molecular weight is 140 g/mol. The summed E-state index contributed by atoms with van der Waals surface area (Å²) in [4.78, 5) is 3.78. The van der Waals surface area contributed by atoms with Gasteiger partial charge in [0, 0.05) is 5.69 Å². The van der Waals surface area contributed by atoms with Crippen molar-refractivity contribution in [2.75, 3.05) is 5.73 Å². The molecule has 0 aliphatic carbocycles. The zero-order chi connectivity index (χ0) is 7.72. The quantitative estimate of drug-likeness (QED) is 0.591. The molecule has 1 heterocycles. The number of hydrogen-bond donors (Lipinski definition) is 1. The van der Waals surface area contributed by atoms with Crippen LogP contribution in [0.2, 0.25) is 0 Å². The van der Waals surface area contributed by atoms with Gasteiger partial charge in [0.25, 0.3) is 0 Å². The second kappa shape index (κ2) is 2.25. The summed E-state index contributed by atoms with van der Waals surface area (Å²) in [6, 6.07) is 0. The molecule has 10 heavy (non-hydrogen) atoms. The van der Waals surface area contributed by atoms with E-state index >= 15 is 0 Å². The third-order valence-electron chi connectivity index (χ3n) is 1.58. The Labute approximate surface area is 58.9 Å². The van der Waals surface area contributed by atoms with E-state index in [0.717, 1.165) is 17.5 Å². The molecule has 54 valence electrons. The minimum atomic E-state index is -0.442. The first-order valence-corrected chi connectivity index (χ1v) is 3.00. The molecule has 0 saturated carbocycles. The van der Waals surface area contributed by atoms with E-state index in [9.17, 15) is 4.39 Å². The van der Waals surface area contributed by atoms with Crippen LogP contribution in [0.5, 0.6) is 0 Å². The van der Waals surface area contributed by atoms with Gasteiger partial charge in [0.1, 0.15) is 0 Å². The summed E-state index contributed by atoms with van der Waals surface area (Å²) in [5.74, 6) is -0.442. The highest BCUT2D eigenvalue weighted by atomic mass is 19.1. The molecule has 0 spiro atoms. The van der Waals surface area contributed by atoms with E-state index in [1.807, 2.05) is 0 Å². The lowest BCUT2D eigenvalue weighted by Gasteiger charge is -2.02. The molecular formula is C7H9FN2. The molecule has 0 bridgehead atoms. The highest BCUT2D eigenvalue weighted by molar-refractivity contribution is 5.47. The van der Waals surface area contributed by atoms with Crippen LogP contribution in [-0.2, 0) is 0 Å². The fourth-order valence-corrected chi connectivity index (χ4v) is 0.694. The van der Waals surface area contributed by atoms with E-state index in [2.05, 4.69) is 4.98 Å². The summed E-state index contributed by atoms with van der Waals surface area (Å²) in [7, 11) is 0. The van der Waals surface area contributed by atoms with E-state index in [1.165, 1.54) is 0 Å². The van der Waals surface area contributed by atoms with Gasteiger partial charge in [-0.15, -0.1) is 0 Å². The van der Waals surface area contributed by atoms with Gasteiger partial charge >= 0.3 is 0 Å². The summed E-state index contributed by atoms with van der Waals surface area (Å²) in [5, 5.41) is 0. The predicted molar refractivity (Wildman–Crippen MR) is 38.1 cm³/mol. The van der Waals surface area contributed by atoms with Crippen molar-refractivity contribution in [2.45, 2.75) is 13.8 Å². The van der Waals surface area contributed by atoms with Gasteiger partial charge in [-0.05, 0) is 19.4 Å². The van der Waals surface area contributed by atoms with Gasteiger partial charge in [0.15, 0.2) is 5.82 Å². The average Bonchev–Trinajstić information content (AvgIpc) is 1.93. The number of hydrogen-bond acceptors (Lipinski definition) is 2. The summed E-state index contributed by atoms with van der Waals surface area (Å²) in [6.07, 6.45) is 1.14. The van der Waals surface area contributed by atoms with Crippen LogP contribution in [-0.4, -0.2) is 4.98 Å². The number of aryl methyl sites for hydroxylation is 1. The molecule has 0 unspecified atom stereocenters. The van der Waals surface area contributed by atoms with E-state index in [-0.39, 0.29) is 5.69 Å². The van der Waals surface area contributed by atoms with E-state index in [1.54, 1.807) is 13.8 Å². The summed E-state index contributed by atoms with van der Waals surface area (Å²) in [5.41, 5.74) is 7.07. The van der Waals surface area contributed by atoms with E-state index in [4.69, 9.17) is 5.73 Å². The first kappa shape index (κ1) is 6.99. The Kier molecular flexibility index (Phi) is 1.57. The Morgan fingerprint density at radius 3 is 2.60 bits per heavy atom. The first-order valence-electron chi connectivity index (χ1n) is 3.00. The fraction of sp³-hybridized carbons (Fsp3) is 0.286. The van der Waals surface area contributed by atoms with Crippen LogP contribution in [0.4, 0.5) is 10.1 Å². The monoisotopic (exact) mass is 140 g/mol. The second-order valence-electron chi connectivity index (χ2n) is 2.23. The number of aromatic nitrogens is 1. The lowest BCUT2D eigenvalue weighted by atomic mass is 10.2.